The van der Waals surface area contributed by atoms with Gasteiger partial charge in [0.1, 0.15) is 0 Å². The number of nitrogens with zero attached hydrogens (tertiary/aromatic N) is 1. The van der Waals surface area contributed by atoms with Crippen LogP contribution in [0.4, 0.5) is 5.69 Å². The summed E-state index contributed by atoms with van der Waals surface area (Å²) in [5, 5.41) is 8.22. The van der Waals surface area contributed by atoms with Gasteiger partial charge in [0, 0.05) is 10.9 Å². The van der Waals surface area contributed by atoms with E-state index >= 15 is 0 Å². The maximum Gasteiger partial charge on any atom is 0.284 e. The zero-order valence-corrected chi connectivity index (χ0v) is 15.0. The van der Waals surface area contributed by atoms with Gasteiger partial charge >= 0.3 is 0 Å². The first kappa shape index (κ1) is 16.5. The zero-order valence-electron chi connectivity index (χ0n) is 13.3. The summed E-state index contributed by atoms with van der Waals surface area (Å²) in [6.45, 7) is 0. The standard InChI is InChI=1S/C18H13N3O3S2/c22-26(23,21-16-10-4-6-12-5-1-2-9-15(12)16)14-8-3-7-13(11-14)17-19-20-18(25)24-17/h1-11,21H,(H,20,25). The Morgan fingerprint density at radius 2 is 1.77 bits per heavy atom. The van der Waals surface area contributed by atoms with E-state index in [0.717, 1.165) is 10.8 Å². The van der Waals surface area contributed by atoms with Crippen molar-refractivity contribution in [3.8, 4) is 11.5 Å². The van der Waals surface area contributed by atoms with Crippen molar-refractivity contribution in [1.29, 1.82) is 0 Å². The van der Waals surface area contributed by atoms with Crippen molar-refractivity contribution in [2.24, 2.45) is 0 Å². The average Bonchev–Trinajstić information content (AvgIpc) is 3.08. The number of hydrogen-bond acceptors (Lipinski definition) is 5. The third kappa shape index (κ3) is 3.12. The summed E-state index contributed by atoms with van der Waals surface area (Å²) in [5.41, 5.74) is 1.03. The Balaban J connectivity index is 1.74. The van der Waals surface area contributed by atoms with Crippen LogP contribution < -0.4 is 4.72 Å². The third-order valence-corrected chi connectivity index (χ3v) is 5.40. The predicted molar refractivity (Wildman–Crippen MR) is 102 cm³/mol. The van der Waals surface area contributed by atoms with Crippen LogP contribution in [-0.4, -0.2) is 18.6 Å². The molecule has 0 spiro atoms. The van der Waals surface area contributed by atoms with Crippen molar-refractivity contribution >= 4 is 38.7 Å². The molecule has 0 aliphatic heterocycles. The Bertz CT molecular complexity index is 1250. The lowest BCUT2D eigenvalue weighted by Gasteiger charge is -2.11. The van der Waals surface area contributed by atoms with E-state index in [1.54, 1.807) is 18.2 Å². The first-order valence-electron chi connectivity index (χ1n) is 7.69. The second kappa shape index (κ2) is 6.40. The van der Waals surface area contributed by atoms with Crippen molar-refractivity contribution in [3.05, 3.63) is 71.6 Å². The molecular weight excluding hydrogens is 370 g/mol. The highest BCUT2D eigenvalue weighted by atomic mass is 32.2. The predicted octanol–water partition coefficient (Wildman–Crippen LogP) is 4.35. The normalized spacial score (nSPS) is 11.5. The van der Waals surface area contributed by atoms with Crippen molar-refractivity contribution in [3.63, 3.8) is 0 Å². The van der Waals surface area contributed by atoms with Gasteiger partial charge in [0.2, 0.25) is 5.89 Å². The molecule has 0 radical (unpaired) electrons. The average molecular weight is 383 g/mol. The summed E-state index contributed by atoms with van der Waals surface area (Å²) in [6.07, 6.45) is 0. The number of sulfonamides is 1. The Hall–Kier alpha value is -2.97. The molecule has 130 valence electrons. The fourth-order valence-corrected chi connectivity index (χ4v) is 3.92. The van der Waals surface area contributed by atoms with Gasteiger partial charge in [-0.25, -0.2) is 13.5 Å². The van der Waals surface area contributed by atoms with Crippen LogP contribution >= 0.6 is 12.2 Å². The Kier molecular flexibility index (Phi) is 4.06. The van der Waals surface area contributed by atoms with E-state index in [2.05, 4.69) is 14.9 Å². The van der Waals surface area contributed by atoms with E-state index in [1.807, 2.05) is 36.4 Å². The highest BCUT2D eigenvalue weighted by Gasteiger charge is 2.17. The molecule has 0 unspecified atom stereocenters. The highest BCUT2D eigenvalue weighted by Crippen LogP contribution is 2.27. The fraction of sp³-hybridized carbons (Fsp3) is 0. The number of fused-ring (bicyclic) bond motifs is 1. The first-order valence-corrected chi connectivity index (χ1v) is 9.59. The quantitative estimate of drug-likeness (QED) is 0.512. The van der Waals surface area contributed by atoms with Gasteiger partial charge in [-0.05, 0) is 41.9 Å². The molecule has 4 aromatic rings. The number of rotatable bonds is 4. The lowest BCUT2D eigenvalue weighted by atomic mass is 10.1. The monoisotopic (exact) mass is 383 g/mol. The summed E-state index contributed by atoms with van der Waals surface area (Å²) in [6, 6.07) is 19.4. The van der Waals surface area contributed by atoms with Crippen LogP contribution in [0.2, 0.25) is 0 Å². The molecule has 0 atom stereocenters. The van der Waals surface area contributed by atoms with Crippen molar-refractivity contribution in [1.82, 2.24) is 10.2 Å². The summed E-state index contributed by atoms with van der Waals surface area (Å²) in [5.74, 6) is 0.234. The largest absolute Gasteiger partial charge is 0.409 e. The number of anilines is 1. The molecule has 0 saturated carbocycles. The van der Waals surface area contributed by atoms with E-state index < -0.39 is 10.0 Å². The minimum atomic E-state index is -3.78. The van der Waals surface area contributed by atoms with E-state index in [-0.39, 0.29) is 15.6 Å². The number of aromatic amines is 1. The van der Waals surface area contributed by atoms with Gasteiger partial charge in [0.05, 0.1) is 10.6 Å². The maximum absolute atomic E-state index is 12.8. The van der Waals surface area contributed by atoms with Crippen LogP contribution in [0.5, 0.6) is 0 Å². The highest BCUT2D eigenvalue weighted by molar-refractivity contribution is 7.92. The second-order valence-corrected chi connectivity index (χ2v) is 7.63. The smallest absolute Gasteiger partial charge is 0.284 e. The van der Waals surface area contributed by atoms with Gasteiger partial charge in [-0.3, -0.25) is 4.72 Å². The van der Waals surface area contributed by atoms with Crippen molar-refractivity contribution in [2.45, 2.75) is 4.90 Å². The molecule has 1 aromatic heterocycles. The summed E-state index contributed by atoms with van der Waals surface area (Å²) < 4.78 is 33.6. The minimum Gasteiger partial charge on any atom is -0.409 e. The van der Waals surface area contributed by atoms with E-state index in [1.165, 1.54) is 12.1 Å². The molecule has 0 aliphatic rings. The number of H-pyrrole nitrogens is 1. The molecule has 6 nitrogen and oxygen atoms in total. The Morgan fingerprint density at radius 1 is 1.00 bits per heavy atom. The fourth-order valence-electron chi connectivity index (χ4n) is 2.67. The van der Waals surface area contributed by atoms with Gasteiger partial charge < -0.3 is 4.42 Å². The third-order valence-electron chi connectivity index (χ3n) is 3.86. The van der Waals surface area contributed by atoms with Gasteiger partial charge in [0.25, 0.3) is 14.9 Å². The molecule has 26 heavy (non-hydrogen) atoms. The maximum atomic E-state index is 12.8. The van der Waals surface area contributed by atoms with Crippen LogP contribution in [-0.2, 0) is 10.0 Å². The van der Waals surface area contributed by atoms with Crippen LogP contribution in [0.1, 0.15) is 0 Å². The van der Waals surface area contributed by atoms with Crippen molar-refractivity contribution in [2.75, 3.05) is 4.72 Å². The lowest BCUT2D eigenvalue weighted by molar-refractivity contribution is 0.552. The number of hydrogen-bond donors (Lipinski definition) is 2. The van der Waals surface area contributed by atoms with Gasteiger partial charge in [-0.1, -0.05) is 42.5 Å². The SMILES string of the molecule is O=S(=O)(Nc1cccc2ccccc12)c1cccc(-c2n[nH]c(=S)o2)c1. The molecule has 0 aliphatic carbocycles. The molecule has 1 heterocycles. The molecule has 0 amide bonds. The Morgan fingerprint density at radius 3 is 2.58 bits per heavy atom. The van der Waals surface area contributed by atoms with Gasteiger partial charge in [0.15, 0.2) is 0 Å². The minimum absolute atomic E-state index is 0.104. The van der Waals surface area contributed by atoms with Crippen LogP contribution in [0.15, 0.2) is 76.0 Å². The summed E-state index contributed by atoms with van der Waals surface area (Å²) in [7, 11) is -3.78. The molecule has 3 aromatic carbocycles. The van der Waals surface area contributed by atoms with Gasteiger partial charge in [-0.15, -0.1) is 5.10 Å². The Labute approximate surface area is 154 Å². The molecule has 8 heteroatoms. The van der Waals surface area contributed by atoms with Gasteiger partial charge in [-0.2, -0.15) is 0 Å². The number of nitrogens with one attached hydrogen (secondary N) is 2. The molecule has 0 bridgehead atoms. The number of aromatic nitrogens is 2. The van der Waals surface area contributed by atoms with E-state index in [0.29, 0.717) is 11.3 Å². The lowest BCUT2D eigenvalue weighted by Crippen LogP contribution is -2.13. The molecule has 0 fully saturated rings. The van der Waals surface area contributed by atoms with Crippen LogP contribution in [0, 0.1) is 4.84 Å². The van der Waals surface area contributed by atoms with E-state index in [4.69, 9.17) is 16.6 Å². The summed E-state index contributed by atoms with van der Waals surface area (Å²) >= 11 is 4.86. The zero-order chi connectivity index (χ0) is 18.1. The first-order chi connectivity index (χ1) is 12.5. The van der Waals surface area contributed by atoms with Crippen LogP contribution in [0.3, 0.4) is 0 Å². The van der Waals surface area contributed by atoms with E-state index in [9.17, 15) is 8.42 Å². The van der Waals surface area contributed by atoms with Crippen LogP contribution in [0.25, 0.3) is 22.2 Å². The second-order valence-electron chi connectivity index (χ2n) is 5.58. The molecule has 2 N–H and O–H groups in total. The van der Waals surface area contributed by atoms with Crippen molar-refractivity contribution < 1.29 is 12.8 Å². The summed E-state index contributed by atoms with van der Waals surface area (Å²) in [4.78, 5) is 0.231. The number of benzene rings is 3. The topological polar surface area (TPSA) is 88.0 Å². The molecular formula is C18H13N3O3S2. The molecule has 4 rings (SSSR count). The molecule has 0 saturated heterocycles.